The number of nitrogens with two attached hydrogens (primary N) is 1. The van der Waals surface area contributed by atoms with Crippen molar-refractivity contribution in [2.24, 2.45) is 0 Å². The summed E-state index contributed by atoms with van der Waals surface area (Å²) in [5.74, 6) is -0.0190. The number of hydrogen-bond donors (Lipinski definition) is 2. The van der Waals surface area contributed by atoms with Crippen LogP contribution in [0.3, 0.4) is 0 Å². The van der Waals surface area contributed by atoms with Gasteiger partial charge in [-0.3, -0.25) is 4.79 Å². The van der Waals surface area contributed by atoms with Crippen molar-refractivity contribution in [2.45, 2.75) is 0 Å². The minimum absolute atomic E-state index is 0.234. The average molecular weight is 340 g/mol. The maximum Gasteiger partial charge on any atom is 0.275 e. The molecule has 0 aliphatic carbocycles. The monoisotopic (exact) mass is 340 g/mol. The molecule has 0 fully saturated rings. The predicted octanol–water partition coefficient (Wildman–Crippen LogP) is 1.92. The molecule has 1 aromatic heterocycles. The van der Waals surface area contributed by atoms with E-state index < -0.39 is 0 Å². The van der Waals surface area contributed by atoms with E-state index in [0.717, 1.165) is 3.57 Å². The van der Waals surface area contributed by atoms with E-state index in [2.05, 4.69) is 37.9 Å². The Morgan fingerprint density at radius 1 is 1.18 bits per heavy atom. The molecule has 17 heavy (non-hydrogen) atoms. The molecule has 0 aliphatic heterocycles. The zero-order valence-electron chi connectivity index (χ0n) is 8.72. The van der Waals surface area contributed by atoms with E-state index in [1.165, 1.54) is 12.4 Å². The van der Waals surface area contributed by atoms with Gasteiger partial charge in [0.15, 0.2) is 0 Å². The number of nitrogens with zero attached hydrogens (tertiary/aromatic N) is 2. The molecule has 0 unspecified atom stereocenters. The summed E-state index contributed by atoms with van der Waals surface area (Å²) < 4.78 is 1.10. The number of benzene rings is 1. The molecule has 0 radical (unpaired) electrons. The van der Waals surface area contributed by atoms with Gasteiger partial charge in [0.2, 0.25) is 0 Å². The predicted molar refractivity (Wildman–Crippen MR) is 73.6 cm³/mol. The number of halogens is 1. The highest BCUT2D eigenvalue weighted by atomic mass is 127. The number of aromatic nitrogens is 2. The lowest BCUT2D eigenvalue weighted by Gasteiger charge is -2.04. The Kier molecular flexibility index (Phi) is 3.52. The smallest absolute Gasteiger partial charge is 0.275 e. The second kappa shape index (κ2) is 5.09. The van der Waals surface area contributed by atoms with Gasteiger partial charge in [-0.05, 0) is 46.9 Å². The Bertz CT molecular complexity index is 524. The average Bonchev–Trinajstić information content (AvgIpc) is 2.33. The van der Waals surface area contributed by atoms with Gasteiger partial charge in [0, 0.05) is 9.26 Å². The van der Waals surface area contributed by atoms with Gasteiger partial charge in [-0.15, -0.1) is 0 Å². The molecular weight excluding hydrogens is 331 g/mol. The first kappa shape index (κ1) is 11.8. The quantitative estimate of drug-likeness (QED) is 0.819. The summed E-state index contributed by atoms with van der Waals surface area (Å²) in [6, 6.07) is 7.46. The molecule has 86 valence electrons. The van der Waals surface area contributed by atoms with Crippen molar-refractivity contribution in [3.8, 4) is 0 Å². The standard InChI is InChI=1S/C11H9IN4O/c12-7-1-3-8(4-2-7)16-11(17)9-5-15-10(13)6-14-9/h1-6H,(H2,13,15)(H,16,17). The Balaban J connectivity index is 2.11. The molecule has 1 heterocycles. The van der Waals surface area contributed by atoms with Crippen molar-refractivity contribution in [1.29, 1.82) is 0 Å². The number of anilines is 2. The van der Waals surface area contributed by atoms with Crippen LogP contribution in [0.25, 0.3) is 0 Å². The normalized spacial score (nSPS) is 9.94. The molecule has 3 N–H and O–H groups in total. The van der Waals surface area contributed by atoms with Crippen molar-refractivity contribution >= 4 is 40.0 Å². The lowest BCUT2D eigenvalue weighted by Crippen LogP contribution is -2.14. The summed E-state index contributed by atoms with van der Waals surface area (Å²) in [7, 11) is 0. The number of carbonyl (C=O) groups is 1. The SMILES string of the molecule is Nc1cnc(C(=O)Nc2ccc(I)cc2)cn1. The molecule has 1 amide bonds. The van der Waals surface area contributed by atoms with Crippen LogP contribution < -0.4 is 11.1 Å². The largest absolute Gasteiger partial charge is 0.382 e. The van der Waals surface area contributed by atoms with E-state index in [4.69, 9.17) is 5.73 Å². The second-order valence-corrected chi connectivity index (χ2v) is 4.53. The molecular formula is C11H9IN4O. The van der Waals surface area contributed by atoms with Gasteiger partial charge in [0.05, 0.1) is 12.4 Å². The molecule has 0 spiro atoms. The summed E-state index contributed by atoms with van der Waals surface area (Å²) in [5.41, 5.74) is 6.34. The van der Waals surface area contributed by atoms with Gasteiger partial charge in [0.1, 0.15) is 11.5 Å². The minimum atomic E-state index is -0.307. The fraction of sp³-hybridized carbons (Fsp3) is 0. The molecule has 6 heteroatoms. The third-order valence-corrected chi connectivity index (χ3v) is 2.73. The maximum atomic E-state index is 11.8. The third-order valence-electron chi connectivity index (χ3n) is 2.01. The van der Waals surface area contributed by atoms with Crippen LogP contribution in [0.4, 0.5) is 11.5 Å². The van der Waals surface area contributed by atoms with Crippen LogP contribution in [0.5, 0.6) is 0 Å². The molecule has 1 aromatic carbocycles. The van der Waals surface area contributed by atoms with Gasteiger partial charge in [-0.1, -0.05) is 0 Å². The number of hydrogen-bond acceptors (Lipinski definition) is 4. The molecule has 2 aromatic rings. The molecule has 5 nitrogen and oxygen atoms in total. The van der Waals surface area contributed by atoms with Crippen LogP contribution in [-0.2, 0) is 0 Å². The van der Waals surface area contributed by atoms with Crippen molar-refractivity contribution < 1.29 is 4.79 Å². The number of nitrogen functional groups attached to an aromatic ring is 1. The van der Waals surface area contributed by atoms with E-state index in [0.29, 0.717) is 5.69 Å². The number of carbonyl (C=O) groups excluding carboxylic acids is 1. The zero-order chi connectivity index (χ0) is 12.3. The summed E-state index contributed by atoms with van der Waals surface area (Å²) in [6.45, 7) is 0. The Morgan fingerprint density at radius 2 is 1.88 bits per heavy atom. The summed E-state index contributed by atoms with van der Waals surface area (Å²) in [5, 5.41) is 2.72. The summed E-state index contributed by atoms with van der Waals surface area (Å²) in [6.07, 6.45) is 2.69. The fourth-order valence-electron chi connectivity index (χ4n) is 1.18. The van der Waals surface area contributed by atoms with Crippen molar-refractivity contribution in [2.75, 3.05) is 11.1 Å². The molecule has 0 saturated carbocycles. The summed E-state index contributed by atoms with van der Waals surface area (Å²) >= 11 is 2.20. The van der Waals surface area contributed by atoms with Gasteiger partial charge in [-0.25, -0.2) is 9.97 Å². The minimum Gasteiger partial charge on any atom is -0.382 e. The van der Waals surface area contributed by atoms with Crippen LogP contribution in [0, 0.1) is 3.57 Å². The number of rotatable bonds is 2. The number of nitrogens with one attached hydrogen (secondary N) is 1. The van der Waals surface area contributed by atoms with Crippen molar-refractivity contribution in [1.82, 2.24) is 9.97 Å². The van der Waals surface area contributed by atoms with Gasteiger partial charge >= 0.3 is 0 Å². The lowest BCUT2D eigenvalue weighted by molar-refractivity contribution is 0.102. The van der Waals surface area contributed by atoms with Crippen LogP contribution in [0.15, 0.2) is 36.7 Å². The van der Waals surface area contributed by atoms with E-state index >= 15 is 0 Å². The van der Waals surface area contributed by atoms with Gasteiger partial charge in [0.25, 0.3) is 5.91 Å². The van der Waals surface area contributed by atoms with Crippen LogP contribution in [-0.4, -0.2) is 15.9 Å². The highest BCUT2D eigenvalue weighted by Crippen LogP contribution is 2.12. The highest BCUT2D eigenvalue weighted by Gasteiger charge is 2.07. The molecule has 0 saturated heterocycles. The number of amides is 1. The molecule has 2 rings (SSSR count). The zero-order valence-corrected chi connectivity index (χ0v) is 10.9. The third kappa shape index (κ3) is 3.13. The molecule has 0 atom stereocenters. The van der Waals surface area contributed by atoms with Crippen LogP contribution >= 0.6 is 22.6 Å². The Labute approximate surface area is 112 Å². The van der Waals surface area contributed by atoms with Crippen LogP contribution in [0.2, 0.25) is 0 Å². The molecule has 0 aliphatic rings. The van der Waals surface area contributed by atoms with Crippen LogP contribution in [0.1, 0.15) is 10.5 Å². The second-order valence-electron chi connectivity index (χ2n) is 3.29. The first-order valence-corrected chi connectivity index (χ1v) is 5.87. The summed E-state index contributed by atoms with van der Waals surface area (Å²) in [4.78, 5) is 19.5. The van der Waals surface area contributed by atoms with Gasteiger partial charge < -0.3 is 11.1 Å². The van der Waals surface area contributed by atoms with Crippen molar-refractivity contribution in [3.05, 3.63) is 45.9 Å². The fourth-order valence-corrected chi connectivity index (χ4v) is 1.54. The van der Waals surface area contributed by atoms with E-state index in [9.17, 15) is 4.79 Å². The first-order valence-electron chi connectivity index (χ1n) is 4.79. The van der Waals surface area contributed by atoms with Crippen molar-refractivity contribution in [3.63, 3.8) is 0 Å². The highest BCUT2D eigenvalue weighted by molar-refractivity contribution is 14.1. The van der Waals surface area contributed by atoms with E-state index in [1.807, 2.05) is 24.3 Å². The lowest BCUT2D eigenvalue weighted by atomic mass is 10.3. The van der Waals surface area contributed by atoms with E-state index in [-0.39, 0.29) is 17.4 Å². The Hall–Kier alpha value is -1.70. The van der Waals surface area contributed by atoms with E-state index in [1.54, 1.807) is 0 Å². The molecule has 0 bridgehead atoms. The Morgan fingerprint density at radius 3 is 2.47 bits per heavy atom. The maximum absolute atomic E-state index is 11.8. The van der Waals surface area contributed by atoms with Gasteiger partial charge in [-0.2, -0.15) is 0 Å². The first-order chi connectivity index (χ1) is 8.15. The topological polar surface area (TPSA) is 80.9 Å².